The summed E-state index contributed by atoms with van der Waals surface area (Å²) in [5.41, 5.74) is 0.716. The van der Waals surface area contributed by atoms with E-state index in [0.29, 0.717) is 5.56 Å². The molecule has 1 aromatic heterocycles. The molecule has 11 heteroatoms. The number of sulfonamides is 1. The number of benzene rings is 3. The van der Waals surface area contributed by atoms with E-state index >= 15 is 0 Å². The Morgan fingerprint density at radius 3 is 2.41 bits per heavy atom. The van der Waals surface area contributed by atoms with Crippen molar-refractivity contribution in [1.82, 2.24) is 15.5 Å². The van der Waals surface area contributed by atoms with Crippen LogP contribution in [0.2, 0.25) is 0 Å². The second-order valence-corrected chi connectivity index (χ2v) is 11.6. The van der Waals surface area contributed by atoms with Gasteiger partial charge in [0.1, 0.15) is 11.4 Å². The molecule has 0 bridgehead atoms. The molecule has 9 nitrogen and oxygen atoms in total. The van der Waals surface area contributed by atoms with Gasteiger partial charge in [-0.25, -0.2) is 12.8 Å². The molecule has 0 aliphatic heterocycles. The molecule has 0 radical (unpaired) electrons. The average molecular weight is 553 g/mol. The maximum absolute atomic E-state index is 13.3. The minimum Gasteiger partial charge on any atom is -0.418 e. The van der Waals surface area contributed by atoms with Crippen LogP contribution in [0.25, 0.3) is 11.5 Å². The number of nitrogens with zero attached hydrogens (tertiary/aromatic N) is 3. The normalized spacial score (nSPS) is 13.9. The van der Waals surface area contributed by atoms with Gasteiger partial charge in [-0.2, -0.15) is 0 Å². The van der Waals surface area contributed by atoms with Crippen molar-refractivity contribution in [1.29, 1.82) is 0 Å². The second kappa shape index (κ2) is 11.0. The maximum atomic E-state index is 13.3. The minimum atomic E-state index is -3.66. The summed E-state index contributed by atoms with van der Waals surface area (Å²) in [6, 6.07) is 19.0. The van der Waals surface area contributed by atoms with Crippen molar-refractivity contribution in [2.75, 3.05) is 17.6 Å². The molecule has 2 atom stereocenters. The summed E-state index contributed by atoms with van der Waals surface area (Å²) in [6.07, 6.45) is 1.27. The number of carbonyl (C=O) groups is 1. The van der Waals surface area contributed by atoms with Crippen molar-refractivity contribution < 1.29 is 27.1 Å². The third-order valence-electron chi connectivity index (χ3n) is 6.28. The van der Waals surface area contributed by atoms with E-state index in [9.17, 15) is 22.7 Å². The highest BCUT2D eigenvalue weighted by Gasteiger charge is 2.31. The molecule has 39 heavy (non-hydrogen) atoms. The lowest BCUT2D eigenvalue weighted by atomic mass is 9.96. The van der Waals surface area contributed by atoms with Crippen LogP contribution in [0.5, 0.6) is 0 Å². The molecular weight excluding hydrogens is 523 g/mol. The summed E-state index contributed by atoms with van der Waals surface area (Å²) < 4.78 is 44.7. The molecular formula is C28H29FN4O5S. The Balaban J connectivity index is 1.67. The van der Waals surface area contributed by atoms with Crippen LogP contribution in [-0.2, 0) is 22.0 Å². The van der Waals surface area contributed by atoms with Crippen LogP contribution in [0, 0.1) is 5.82 Å². The van der Waals surface area contributed by atoms with Crippen molar-refractivity contribution >= 4 is 21.6 Å². The summed E-state index contributed by atoms with van der Waals surface area (Å²) in [5, 5.41) is 22.0. The maximum Gasteiger partial charge on any atom is 0.251 e. The Morgan fingerprint density at radius 2 is 1.77 bits per heavy atom. The molecule has 204 valence electrons. The molecule has 2 N–H and O–H groups in total. The monoisotopic (exact) mass is 552 g/mol. The molecule has 0 spiro atoms. The van der Waals surface area contributed by atoms with Gasteiger partial charge in [0.15, 0.2) is 0 Å². The van der Waals surface area contributed by atoms with E-state index in [2.05, 4.69) is 15.5 Å². The van der Waals surface area contributed by atoms with Gasteiger partial charge in [-0.15, -0.1) is 10.2 Å². The van der Waals surface area contributed by atoms with Gasteiger partial charge in [0.25, 0.3) is 5.91 Å². The van der Waals surface area contributed by atoms with Crippen LogP contribution in [0.4, 0.5) is 10.1 Å². The number of aromatic nitrogens is 2. The quantitative estimate of drug-likeness (QED) is 0.319. The van der Waals surface area contributed by atoms with E-state index in [1.807, 2.05) is 30.3 Å². The summed E-state index contributed by atoms with van der Waals surface area (Å²) in [5.74, 6) is -0.908. The van der Waals surface area contributed by atoms with Crippen LogP contribution >= 0.6 is 0 Å². The van der Waals surface area contributed by atoms with Crippen LogP contribution in [0.15, 0.2) is 77.2 Å². The van der Waals surface area contributed by atoms with Crippen molar-refractivity contribution in [3.63, 3.8) is 0 Å². The third-order valence-corrected chi connectivity index (χ3v) is 7.49. The Hall–Kier alpha value is -4.09. The van der Waals surface area contributed by atoms with E-state index in [1.165, 1.54) is 37.4 Å². The fraction of sp³-hybridized carbons (Fsp3) is 0.250. The molecule has 0 aliphatic carbocycles. The van der Waals surface area contributed by atoms with E-state index in [4.69, 9.17) is 4.42 Å². The zero-order valence-corrected chi connectivity index (χ0v) is 22.7. The highest BCUT2D eigenvalue weighted by molar-refractivity contribution is 7.92. The Bertz CT molecular complexity index is 1570. The Labute approximate surface area is 226 Å². The molecule has 0 saturated heterocycles. The lowest BCUT2D eigenvalue weighted by molar-refractivity contribution is 0.0292. The fourth-order valence-electron chi connectivity index (χ4n) is 3.98. The number of hydrogen-bond donors (Lipinski definition) is 2. The van der Waals surface area contributed by atoms with Gasteiger partial charge in [0, 0.05) is 24.6 Å². The van der Waals surface area contributed by atoms with Gasteiger partial charge in [-0.05, 0) is 55.3 Å². The van der Waals surface area contributed by atoms with Crippen molar-refractivity contribution in [3.05, 3.63) is 101 Å². The number of rotatable bonds is 9. The number of carbonyl (C=O) groups excluding carboxylic acids is 1. The molecule has 0 aliphatic rings. The highest BCUT2D eigenvalue weighted by atomic mass is 32.2. The van der Waals surface area contributed by atoms with Crippen molar-refractivity contribution in [2.45, 2.75) is 31.9 Å². The van der Waals surface area contributed by atoms with Crippen LogP contribution in [0.3, 0.4) is 0 Å². The van der Waals surface area contributed by atoms with Crippen molar-refractivity contribution in [3.8, 4) is 11.5 Å². The van der Waals surface area contributed by atoms with Gasteiger partial charge in [-0.1, -0.05) is 42.5 Å². The lowest BCUT2D eigenvalue weighted by Gasteiger charge is -2.20. The number of amides is 1. The van der Waals surface area contributed by atoms with Crippen LogP contribution in [0.1, 0.15) is 47.3 Å². The van der Waals surface area contributed by atoms with Gasteiger partial charge in [0.2, 0.25) is 21.8 Å². The first-order chi connectivity index (χ1) is 18.3. The molecule has 1 amide bonds. The SMILES string of the molecule is C[C@@H](NC(=O)c1cc(-c2nnc(C(C)(O)Cc3ccccc3)o2)cc(N(C)S(C)(=O)=O)c1)c1ccc(F)cc1. The summed E-state index contributed by atoms with van der Waals surface area (Å²) in [4.78, 5) is 13.2. The van der Waals surface area contributed by atoms with Gasteiger partial charge in [0.05, 0.1) is 18.0 Å². The largest absolute Gasteiger partial charge is 0.418 e. The van der Waals surface area contributed by atoms with Gasteiger partial charge >= 0.3 is 0 Å². The number of halogens is 1. The van der Waals surface area contributed by atoms with Gasteiger partial charge in [-0.3, -0.25) is 9.10 Å². The molecule has 4 aromatic rings. The molecule has 0 fully saturated rings. The van der Waals surface area contributed by atoms with Crippen molar-refractivity contribution in [2.24, 2.45) is 0 Å². The third kappa shape index (κ3) is 6.68. The highest BCUT2D eigenvalue weighted by Crippen LogP contribution is 2.31. The van der Waals surface area contributed by atoms with E-state index in [1.54, 1.807) is 26.0 Å². The molecule has 3 aromatic carbocycles. The summed E-state index contributed by atoms with van der Waals surface area (Å²) in [7, 11) is -2.30. The van der Waals surface area contributed by atoms with Crippen LogP contribution in [-0.4, -0.2) is 42.9 Å². The van der Waals surface area contributed by atoms with E-state index in [0.717, 1.165) is 16.1 Å². The average Bonchev–Trinajstić information content (AvgIpc) is 3.40. The Morgan fingerprint density at radius 1 is 1.10 bits per heavy atom. The number of nitrogens with one attached hydrogen (secondary N) is 1. The number of aliphatic hydroxyl groups is 1. The Kier molecular flexibility index (Phi) is 7.84. The smallest absolute Gasteiger partial charge is 0.251 e. The van der Waals surface area contributed by atoms with Gasteiger partial charge < -0.3 is 14.8 Å². The summed E-state index contributed by atoms with van der Waals surface area (Å²) >= 11 is 0. The second-order valence-electron chi connectivity index (χ2n) is 9.59. The van der Waals surface area contributed by atoms with E-state index in [-0.39, 0.29) is 40.8 Å². The van der Waals surface area contributed by atoms with Crippen LogP contribution < -0.4 is 9.62 Å². The minimum absolute atomic E-state index is 0.00252. The predicted octanol–water partition coefficient (Wildman–Crippen LogP) is 4.21. The molecule has 0 saturated carbocycles. The first kappa shape index (κ1) is 27.9. The fourth-order valence-corrected chi connectivity index (χ4v) is 4.47. The first-order valence-electron chi connectivity index (χ1n) is 12.1. The molecule has 1 heterocycles. The topological polar surface area (TPSA) is 126 Å². The predicted molar refractivity (Wildman–Crippen MR) is 145 cm³/mol. The first-order valence-corrected chi connectivity index (χ1v) is 13.9. The zero-order valence-electron chi connectivity index (χ0n) is 21.9. The summed E-state index contributed by atoms with van der Waals surface area (Å²) in [6.45, 7) is 3.30. The standard InChI is InChI=1S/C28H29FN4O5S/c1-18(20-10-12-23(29)13-11-20)30-25(34)21-14-22(16-24(15-21)33(3)39(4,36)37)26-31-32-27(38-26)28(2,35)17-19-8-6-5-7-9-19/h5-16,18,35H,17H2,1-4H3,(H,30,34)/t18-,28?/m1/s1. The zero-order chi connectivity index (χ0) is 28.4. The van der Waals surface area contributed by atoms with E-state index < -0.39 is 27.6 Å². The lowest BCUT2D eigenvalue weighted by Crippen LogP contribution is -2.28. The molecule has 4 rings (SSSR count). The molecule has 1 unspecified atom stereocenters. The number of anilines is 1. The number of hydrogen-bond acceptors (Lipinski definition) is 7.